The lowest BCUT2D eigenvalue weighted by molar-refractivity contribution is -0.139. The van der Waals surface area contributed by atoms with Crippen molar-refractivity contribution >= 4 is 21.7 Å². The van der Waals surface area contributed by atoms with Crippen molar-refractivity contribution in [2.45, 2.75) is 4.90 Å². The van der Waals surface area contributed by atoms with E-state index in [0.29, 0.717) is 11.4 Å². The quantitative estimate of drug-likeness (QED) is 0.879. The van der Waals surface area contributed by atoms with E-state index in [2.05, 4.69) is 0 Å². The molecule has 7 heteroatoms. The van der Waals surface area contributed by atoms with Gasteiger partial charge in [0.25, 0.3) is 10.0 Å². The lowest BCUT2D eigenvalue weighted by Crippen LogP contribution is -2.26. The van der Waals surface area contributed by atoms with E-state index in [-0.39, 0.29) is 4.90 Å². The van der Waals surface area contributed by atoms with E-state index in [4.69, 9.17) is 9.84 Å². The zero-order valence-corrected chi connectivity index (χ0v) is 12.7. The highest BCUT2D eigenvalue weighted by molar-refractivity contribution is 7.92. The van der Waals surface area contributed by atoms with Crippen molar-refractivity contribution in [2.24, 2.45) is 0 Å². The highest BCUT2D eigenvalue weighted by Crippen LogP contribution is 2.24. The zero-order valence-electron chi connectivity index (χ0n) is 11.8. The van der Waals surface area contributed by atoms with Crippen LogP contribution in [0.5, 0.6) is 5.75 Å². The first-order valence-electron chi connectivity index (χ1n) is 6.40. The van der Waals surface area contributed by atoms with Gasteiger partial charge in [-0.05, 0) is 36.4 Å². The Hall–Kier alpha value is -2.54. The maximum Gasteiger partial charge on any atom is 0.341 e. The number of anilines is 1. The number of nitrogens with zero attached hydrogens (tertiary/aromatic N) is 1. The van der Waals surface area contributed by atoms with E-state index in [1.165, 1.54) is 31.3 Å². The number of carboxylic acid groups (broad SMARTS) is 1. The smallest absolute Gasteiger partial charge is 0.341 e. The molecule has 6 nitrogen and oxygen atoms in total. The maximum atomic E-state index is 12.4. The summed E-state index contributed by atoms with van der Waals surface area (Å²) in [5.41, 5.74) is 0.450. The van der Waals surface area contributed by atoms with Crippen LogP contribution in [0.1, 0.15) is 0 Å². The highest BCUT2D eigenvalue weighted by atomic mass is 32.2. The van der Waals surface area contributed by atoms with Crippen LogP contribution in [0.25, 0.3) is 0 Å². The summed E-state index contributed by atoms with van der Waals surface area (Å²) in [5.74, 6) is -0.718. The van der Waals surface area contributed by atoms with Gasteiger partial charge < -0.3 is 9.84 Å². The molecule has 0 unspecified atom stereocenters. The van der Waals surface area contributed by atoms with Gasteiger partial charge in [0.15, 0.2) is 6.61 Å². The van der Waals surface area contributed by atoms with Crippen LogP contribution in [0.2, 0.25) is 0 Å². The van der Waals surface area contributed by atoms with Gasteiger partial charge in [0.1, 0.15) is 5.75 Å². The zero-order chi connectivity index (χ0) is 16.2. The average molecular weight is 321 g/mol. The Kier molecular flexibility index (Phi) is 4.67. The minimum atomic E-state index is -3.63. The molecule has 0 bridgehead atoms. The summed E-state index contributed by atoms with van der Waals surface area (Å²) in [4.78, 5) is 10.6. The van der Waals surface area contributed by atoms with E-state index >= 15 is 0 Å². The summed E-state index contributed by atoms with van der Waals surface area (Å²) in [7, 11) is -2.18. The molecule has 0 saturated heterocycles. The van der Waals surface area contributed by atoms with Crippen LogP contribution in [0.4, 0.5) is 5.69 Å². The molecule has 0 spiro atoms. The molecule has 0 radical (unpaired) electrons. The molecule has 0 aliphatic rings. The van der Waals surface area contributed by atoms with Gasteiger partial charge >= 0.3 is 5.97 Å². The second-order valence-electron chi connectivity index (χ2n) is 4.46. The van der Waals surface area contributed by atoms with Crippen LogP contribution in [-0.4, -0.2) is 33.1 Å². The summed E-state index contributed by atoms with van der Waals surface area (Å²) in [6, 6.07) is 14.3. The molecule has 2 aromatic rings. The lowest BCUT2D eigenvalue weighted by Gasteiger charge is -2.19. The molecule has 2 rings (SSSR count). The molecule has 0 aliphatic carbocycles. The second-order valence-corrected chi connectivity index (χ2v) is 6.43. The first kappa shape index (κ1) is 15.8. The number of hydrogen-bond acceptors (Lipinski definition) is 4. The van der Waals surface area contributed by atoms with E-state index in [1.54, 1.807) is 30.3 Å². The number of sulfonamides is 1. The van der Waals surface area contributed by atoms with Crippen molar-refractivity contribution in [3.05, 3.63) is 54.6 Å². The number of aliphatic carboxylic acids is 1. The Morgan fingerprint density at radius 1 is 1.09 bits per heavy atom. The minimum absolute atomic E-state index is 0.198. The third kappa shape index (κ3) is 3.56. The molecule has 0 aromatic heterocycles. The third-order valence-corrected chi connectivity index (χ3v) is 4.76. The first-order valence-corrected chi connectivity index (χ1v) is 7.84. The van der Waals surface area contributed by atoms with Gasteiger partial charge in [0.05, 0.1) is 10.6 Å². The van der Waals surface area contributed by atoms with E-state index in [0.717, 1.165) is 4.31 Å². The maximum absolute atomic E-state index is 12.4. The van der Waals surface area contributed by atoms with E-state index in [9.17, 15) is 13.2 Å². The van der Waals surface area contributed by atoms with Crippen molar-refractivity contribution in [3.63, 3.8) is 0 Å². The monoisotopic (exact) mass is 321 g/mol. The van der Waals surface area contributed by atoms with Gasteiger partial charge in [0.2, 0.25) is 0 Å². The van der Waals surface area contributed by atoms with Crippen LogP contribution in [0.3, 0.4) is 0 Å². The Labute approximate surface area is 128 Å². The summed E-state index contributed by atoms with van der Waals surface area (Å²) in [6.07, 6.45) is 0. The van der Waals surface area contributed by atoms with Crippen LogP contribution >= 0.6 is 0 Å². The Bertz CT molecular complexity index is 741. The number of carbonyl (C=O) groups is 1. The number of rotatable bonds is 6. The first-order chi connectivity index (χ1) is 10.4. The van der Waals surface area contributed by atoms with E-state index in [1.807, 2.05) is 0 Å². The van der Waals surface area contributed by atoms with Crippen molar-refractivity contribution in [2.75, 3.05) is 18.0 Å². The average Bonchev–Trinajstić information content (AvgIpc) is 2.53. The Morgan fingerprint density at radius 2 is 1.68 bits per heavy atom. The van der Waals surface area contributed by atoms with Gasteiger partial charge in [-0.25, -0.2) is 13.2 Å². The van der Waals surface area contributed by atoms with Crippen LogP contribution in [0.15, 0.2) is 59.5 Å². The van der Waals surface area contributed by atoms with Crippen molar-refractivity contribution in [1.82, 2.24) is 0 Å². The van der Waals surface area contributed by atoms with Crippen LogP contribution in [-0.2, 0) is 14.8 Å². The summed E-state index contributed by atoms with van der Waals surface area (Å²) in [6.45, 7) is -0.447. The summed E-state index contributed by atoms with van der Waals surface area (Å²) < 4.78 is 31.1. The number of ether oxygens (including phenoxy) is 1. The molecule has 0 aliphatic heterocycles. The Balaban J connectivity index is 2.19. The molecule has 2 aromatic carbocycles. The molecule has 0 heterocycles. The predicted octanol–water partition coefficient (Wildman–Crippen LogP) is 1.98. The van der Waals surface area contributed by atoms with Crippen molar-refractivity contribution < 1.29 is 23.1 Å². The molecule has 0 saturated carbocycles. The molecular formula is C15H15NO5S. The van der Waals surface area contributed by atoms with Crippen molar-refractivity contribution in [3.8, 4) is 5.75 Å². The van der Waals surface area contributed by atoms with Crippen LogP contribution in [0, 0.1) is 0 Å². The topological polar surface area (TPSA) is 83.9 Å². The highest BCUT2D eigenvalue weighted by Gasteiger charge is 2.20. The van der Waals surface area contributed by atoms with Gasteiger partial charge in [0, 0.05) is 7.05 Å². The number of hydrogen-bond donors (Lipinski definition) is 1. The van der Waals surface area contributed by atoms with Crippen molar-refractivity contribution in [1.29, 1.82) is 0 Å². The summed E-state index contributed by atoms with van der Waals surface area (Å²) in [5, 5.41) is 8.54. The normalized spacial score (nSPS) is 11.0. The lowest BCUT2D eigenvalue weighted by atomic mass is 10.3. The fourth-order valence-electron chi connectivity index (χ4n) is 1.79. The fraction of sp³-hybridized carbons (Fsp3) is 0.133. The summed E-state index contributed by atoms with van der Waals surface area (Å²) >= 11 is 0. The van der Waals surface area contributed by atoms with E-state index < -0.39 is 22.6 Å². The standard InChI is InChI=1S/C15H15NO5S/c1-16(22(19,20)14-5-3-2-4-6-14)12-7-9-13(10-8-12)21-11-15(17)18/h2-10H,11H2,1H3,(H,17,18). The number of carboxylic acids is 1. The Morgan fingerprint density at radius 3 is 2.23 bits per heavy atom. The fourth-order valence-corrected chi connectivity index (χ4v) is 3.00. The second kappa shape index (κ2) is 6.48. The van der Waals surface area contributed by atoms with Gasteiger partial charge in [-0.15, -0.1) is 0 Å². The minimum Gasteiger partial charge on any atom is -0.482 e. The molecule has 0 amide bonds. The molecule has 1 N–H and O–H groups in total. The number of benzene rings is 2. The predicted molar refractivity (Wildman–Crippen MR) is 81.6 cm³/mol. The molecule has 0 fully saturated rings. The van der Waals surface area contributed by atoms with Gasteiger partial charge in [-0.1, -0.05) is 18.2 Å². The molecule has 0 atom stereocenters. The van der Waals surface area contributed by atoms with Gasteiger partial charge in [-0.3, -0.25) is 4.31 Å². The molecule has 22 heavy (non-hydrogen) atoms. The molecule has 116 valence electrons. The SMILES string of the molecule is CN(c1ccc(OCC(=O)O)cc1)S(=O)(=O)c1ccccc1. The molecular weight excluding hydrogens is 306 g/mol. The van der Waals surface area contributed by atoms with Crippen LogP contribution < -0.4 is 9.04 Å². The van der Waals surface area contributed by atoms with Gasteiger partial charge in [-0.2, -0.15) is 0 Å². The largest absolute Gasteiger partial charge is 0.482 e. The third-order valence-electron chi connectivity index (χ3n) is 2.96.